The van der Waals surface area contributed by atoms with Gasteiger partial charge in [0.2, 0.25) is 0 Å². The third-order valence-electron chi connectivity index (χ3n) is 5.06. The Morgan fingerprint density at radius 1 is 1.12 bits per heavy atom. The van der Waals surface area contributed by atoms with Crippen LogP contribution in [0.3, 0.4) is 0 Å². The molecule has 5 nitrogen and oxygen atoms in total. The first-order valence-corrected chi connectivity index (χ1v) is 8.96. The molecule has 0 spiro atoms. The molecule has 0 aliphatic carbocycles. The summed E-state index contributed by atoms with van der Waals surface area (Å²) in [5.41, 5.74) is 1.41. The van der Waals surface area contributed by atoms with Gasteiger partial charge in [-0.25, -0.2) is 9.37 Å². The maximum absolute atomic E-state index is 13.3. The van der Waals surface area contributed by atoms with E-state index in [0.29, 0.717) is 23.4 Å². The summed E-state index contributed by atoms with van der Waals surface area (Å²) in [5.74, 6) is 0.0785. The zero-order chi connectivity index (χ0) is 17.9. The number of fused-ring (bicyclic) bond motifs is 1. The number of nitrogens with zero attached hydrogens (tertiary/aromatic N) is 4. The Bertz CT molecular complexity index is 949. The molecule has 0 amide bonds. The lowest BCUT2D eigenvalue weighted by Crippen LogP contribution is -2.36. The maximum atomic E-state index is 13.3. The van der Waals surface area contributed by atoms with Crippen molar-refractivity contribution in [1.82, 2.24) is 19.4 Å². The SMILES string of the molecule is O=c1c2ccc(F)cc2ncn1CC1CCN(Cc2ccccn2)CC1. The summed E-state index contributed by atoms with van der Waals surface area (Å²) in [6, 6.07) is 10.1. The molecule has 0 N–H and O–H groups in total. The first-order valence-electron chi connectivity index (χ1n) is 8.96. The quantitative estimate of drug-likeness (QED) is 0.725. The summed E-state index contributed by atoms with van der Waals surface area (Å²) in [5, 5.41) is 0.474. The first kappa shape index (κ1) is 16.8. The van der Waals surface area contributed by atoms with E-state index in [1.54, 1.807) is 10.9 Å². The number of pyridine rings is 1. The third kappa shape index (κ3) is 3.65. The number of benzene rings is 1. The Labute approximate surface area is 151 Å². The van der Waals surface area contributed by atoms with Crippen molar-refractivity contribution >= 4 is 10.9 Å². The number of halogens is 1. The number of likely N-dealkylation sites (tertiary alicyclic amines) is 1. The summed E-state index contributed by atoms with van der Waals surface area (Å²) in [7, 11) is 0. The summed E-state index contributed by atoms with van der Waals surface area (Å²) < 4.78 is 14.9. The number of hydrogen-bond donors (Lipinski definition) is 0. The maximum Gasteiger partial charge on any atom is 0.261 e. The van der Waals surface area contributed by atoms with E-state index >= 15 is 0 Å². The van der Waals surface area contributed by atoms with E-state index in [9.17, 15) is 9.18 Å². The predicted molar refractivity (Wildman–Crippen MR) is 98.2 cm³/mol. The average molecular weight is 352 g/mol. The van der Waals surface area contributed by atoms with Crippen LogP contribution in [-0.4, -0.2) is 32.5 Å². The largest absolute Gasteiger partial charge is 0.298 e. The molecule has 0 atom stereocenters. The van der Waals surface area contributed by atoms with Crippen LogP contribution in [0.2, 0.25) is 0 Å². The minimum Gasteiger partial charge on any atom is -0.298 e. The van der Waals surface area contributed by atoms with Crippen LogP contribution in [0.4, 0.5) is 4.39 Å². The van der Waals surface area contributed by atoms with E-state index < -0.39 is 0 Å². The Morgan fingerprint density at radius 3 is 2.73 bits per heavy atom. The summed E-state index contributed by atoms with van der Waals surface area (Å²) in [4.78, 5) is 23.6. The van der Waals surface area contributed by atoms with Crippen molar-refractivity contribution in [3.05, 3.63) is 70.8 Å². The van der Waals surface area contributed by atoms with Crippen molar-refractivity contribution < 1.29 is 4.39 Å². The fraction of sp³-hybridized carbons (Fsp3) is 0.350. The van der Waals surface area contributed by atoms with E-state index in [2.05, 4.69) is 20.9 Å². The number of rotatable bonds is 4. The molecule has 3 heterocycles. The average Bonchev–Trinajstić information content (AvgIpc) is 2.66. The lowest BCUT2D eigenvalue weighted by molar-refractivity contribution is 0.165. The Morgan fingerprint density at radius 2 is 1.96 bits per heavy atom. The highest BCUT2D eigenvalue weighted by atomic mass is 19.1. The topological polar surface area (TPSA) is 51.0 Å². The standard InChI is InChI=1S/C20H21FN4O/c21-16-4-5-18-19(11-16)23-14-25(20(18)26)12-15-6-9-24(10-7-15)13-17-3-1-2-8-22-17/h1-5,8,11,14-15H,6-7,9-10,12-13H2. The Balaban J connectivity index is 1.40. The van der Waals surface area contributed by atoms with Gasteiger partial charge in [0.05, 0.1) is 22.9 Å². The van der Waals surface area contributed by atoms with Gasteiger partial charge in [-0.2, -0.15) is 0 Å². The molecule has 134 valence electrons. The van der Waals surface area contributed by atoms with Crippen LogP contribution in [-0.2, 0) is 13.1 Å². The molecule has 6 heteroatoms. The van der Waals surface area contributed by atoms with Crippen LogP contribution < -0.4 is 5.56 Å². The predicted octanol–water partition coefficient (Wildman–Crippen LogP) is 2.84. The highest BCUT2D eigenvalue weighted by molar-refractivity contribution is 5.77. The van der Waals surface area contributed by atoms with Gasteiger partial charge >= 0.3 is 0 Å². The fourth-order valence-corrected chi connectivity index (χ4v) is 3.59. The van der Waals surface area contributed by atoms with Crippen molar-refractivity contribution in [3.8, 4) is 0 Å². The molecular weight excluding hydrogens is 331 g/mol. The van der Waals surface area contributed by atoms with Crippen molar-refractivity contribution in [2.75, 3.05) is 13.1 Å². The van der Waals surface area contributed by atoms with Gasteiger partial charge in [-0.3, -0.25) is 19.2 Å². The molecular formula is C20H21FN4O. The van der Waals surface area contributed by atoms with Gasteiger partial charge in [-0.15, -0.1) is 0 Å². The summed E-state index contributed by atoms with van der Waals surface area (Å²) in [6.45, 7) is 3.54. The number of piperidine rings is 1. The highest BCUT2D eigenvalue weighted by Gasteiger charge is 2.20. The fourth-order valence-electron chi connectivity index (χ4n) is 3.59. The molecule has 0 bridgehead atoms. The summed E-state index contributed by atoms with van der Waals surface area (Å²) in [6.07, 6.45) is 5.46. The molecule has 3 aromatic rings. The van der Waals surface area contributed by atoms with E-state index in [-0.39, 0.29) is 11.4 Å². The smallest absolute Gasteiger partial charge is 0.261 e. The van der Waals surface area contributed by atoms with E-state index in [4.69, 9.17) is 0 Å². The third-order valence-corrected chi connectivity index (χ3v) is 5.06. The van der Waals surface area contributed by atoms with Crippen molar-refractivity contribution in [3.63, 3.8) is 0 Å². The van der Waals surface area contributed by atoms with Gasteiger partial charge in [-0.05, 0) is 56.1 Å². The van der Waals surface area contributed by atoms with Gasteiger partial charge in [0, 0.05) is 25.4 Å². The molecule has 1 aromatic carbocycles. The number of hydrogen-bond acceptors (Lipinski definition) is 4. The molecule has 1 aliphatic rings. The van der Waals surface area contributed by atoms with Crippen LogP contribution in [0.1, 0.15) is 18.5 Å². The molecule has 1 saturated heterocycles. The monoisotopic (exact) mass is 352 g/mol. The molecule has 26 heavy (non-hydrogen) atoms. The van der Waals surface area contributed by atoms with Gasteiger partial charge in [0.25, 0.3) is 5.56 Å². The van der Waals surface area contributed by atoms with Gasteiger partial charge in [-0.1, -0.05) is 6.07 Å². The van der Waals surface area contributed by atoms with E-state index in [1.165, 1.54) is 18.2 Å². The van der Waals surface area contributed by atoms with Crippen LogP contribution in [0.25, 0.3) is 10.9 Å². The summed E-state index contributed by atoms with van der Waals surface area (Å²) >= 11 is 0. The van der Waals surface area contributed by atoms with Crippen LogP contribution in [0, 0.1) is 11.7 Å². The Kier molecular flexibility index (Phi) is 4.75. The minimum atomic E-state index is -0.373. The second-order valence-corrected chi connectivity index (χ2v) is 6.90. The second kappa shape index (κ2) is 7.33. The van der Waals surface area contributed by atoms with Gasteiger partial charge < -0.3 is 0 Å². The molecule has 0 radical (unpaired) electrons. The Hall–Kier alpha value is -2.60. The second-order valence-electron chi connectivity index (χ2n) is 6.90. The highest BCUT2D eigenvalue weighted by Crippen LogP contribution is 2.20. The molecule has 0 saturated carbocycles. The lowest BCUT2D eigenvalue weighted by Gasteiger charge is -2.31. The van der Waals surface area contributed by atoms with Crippen LogP contribution in [0.15, 0.2) is 53.7 Å². The van der Waals surface area contributed by atoms with Crippen LogP contribution in [0.5, 0.6) is 0 Å². The normalized spacial score (nSPS) is 16.2. The van der Waals surface area contributed by atoms with E-state index in [1.807, 2.05) is 18.3 Å². The molecule has 0 unspecified atom stereocenters. The molecule has 1 fully saturated rings. The zero-order valence-corrected chi connectivity index (χ0v) is 14.5. The molecule has 4 rings (SSSR count). The zero-order valence-electron chi connectivity index (χ0n) is 14.5. The van der Waals surface area contributed by atoms with Crippen molar-refractivity contribution in [1.29, 1.82) is 0 Å². The van der Waals surface area contributed by atoms with Gasteiger partial charge in [0.15, 0.2) is 0 Å². The van der Waals surface area contributed by atoms with E-state index in [0.717, 1.165) is 38.2 Å². The van der Waals surface area contributed by atoms with Crippen molar-refractivity contribution in [2.45, 2.75) is 25.9 Å². The lowest BCUT2D eigenvalue weighted by atomic mass is 9.96. The minimum absolute atomic E-state index is 0.0917. The first-order chi connectivity index (χ1) is 12.7. The van der Waals surface area contributed by atoms with Crippen molar-refractivity contribution in [2.24, 2.45) is 5.92 Å². The van der Waals surface area contributed by atoms with Gasteiger partial charge in [0.1, 0.15) is 5.82 Å². The molecule has 2 aromatic heterocycles. The molecule has 1 aliphatic heterocycles. The van der Waals surface area contributed by atoms with Crippen LogP contribution >= 0.6 is 0 Å². The number of aromatic nitrogens is 3.